The molecule has 0 saturated heterocycles. The minimum absolute atomic E-state index is 0.571. The molecule has 3 heteroatoms. The van der Waals surface area contributed by atoms with Crippen LogP contribution in [0.1, 0.15) is 0 Å². The second kappa shape index (κ2) is 12.6. The smallest absolute Gasteiger partial charge is 0.231 e. The van der Waals surface area contributed by atoms with Crippen molar-refractivity contribution in [2.75, 3.05) is 0 Å². The zero-order valence-corrected chi connectivity index (χ0v) is 29.8. The van der Waals surface area contributed by atoms with Crippen LogP contribution < -0.4 is 0 Å². The molecule has 0 N–H and O–H groups in total. The molecule has 2 heterocycles. The number of nitrogens with zero attached hydrogens (tertiary/aromatic N) is 2. The molecule has 0 aliphatic heterocycles. The lowest BCUT2D eigenvalue weighted by atomic mass is 9.92. The molecular formula is C52H32N2O. The molecule has 256 valence electrons. The third-order valence-corrected chi connectivity index (χ3v) is 10.9. The van der Waals surface area contributed by atoms with E-state index in [1.165, 1.54) is 37.9 Å². The summed E-state index contributed by atoms with van der Waals surface area (Å²) >= 11 is 0. The van der Waals surface area contributed by atoms with Crippen LogP contribution in [0.15, 0.2) is 199 Å². The van der Waals surface area contributed by atoms with Gasteiger partial charge in [0.1, 0.15) is 5.58 Å². The quantitative estimate of drug-likeness (QED) is 0.168. The molecule has 2 aromatic heterocycles. The Morgan fingerprint density at radius 1 is 0.291 bits per heavy atom. The first kappa shape index (κ1) is 31.2. The summed E-state index contributed by atoms with van der Waals surface area (Å²) in [6.45, 7) is 0. The van der Waals surface area contributed by atoms with Gasteiger partial charge in [0.15, 0.2) is 5.82 Å². The van der Waals surface area contributed by atoms with Gasteiger partial charge in [0.25, 0.3) is 0 Å². The zero-order valence-electron chi connectivity index (χ0n) is 29.8. The molecule has 11 aromatic rings. The molecule has 0 saturated carbocycles. The van der Waals surface area contributed by atoms with Crippen molar-refractivity contribution in [3.05, 3.63) is 194 Å². The van der Waals surface area contributed by atoms with Gasteiger partial charge in [-0.05, 0) is 90.0 Å². The minimum Gasteiger partial charge on any atom is -0.438 e. The summed E-state index contributed by atoms with van der Waals surface area (Å²) in [7, 11) is 0. The lowest BCUT2D eigenvalue weighted by molar-refractivity contribution is 0.653. The van der Waals surface area contributed by atoms with Crippen LogP contribution in [0.3, 0.4) is 0 Å². The zero-order chi connectivity index (χ0) is 36.3. The second-order valence-corrected chi connectivity index (χ2v) is 14.1. The maximum atomic E-state index is 6.55. The second-order valence-electron chi connectivity index (χ2n) is 14.1. The van der Waals surface area contributed by atoms with E-state index in [4.69, 9.17) is 14.4 Å². The Labute approximate surface area is 317 Å². The van der Waals surface area contributed by atoms with Crippen LogP contribution in [-0.2, 0) is 0 Å². The molecule has 3 nitrogen and oxygen atoms in total. The number of hydrogen-bond acceptors (Lipinski definition) is 3. The Kier molecular flexibility index (Phi) is 7.17. The van der Waals surface area contributed by atoms with Crippen molar-refractivity contribution >= 4 is 54.4 Å². The van der Waals surface area contributed by atoms with Gasteiger partial charge in [-0.1, -0.05) is 170 Å². The van der Waals surface area contributed by atoms with Crippen molar-refractivity contribution in [2.45, 2.75) is 0 Å². The first-order chi connectivity index (χ1) is 27.2. The Morgan fingerprint density at radius 2 is 0.745 bits per heavy atom. The van der Waals surface area contributed by atoms with Gasteiger partial charge in [-0.2, -0.15) is 4.98 Å². The third-order valence-electron chi connectivity index (χ3n) is 10.9. The van der Waals surface area contributed by atoms with E-state index in [0.717, 1.165) is 61.0 Å². The molecule has 0 amide bonds. The van der Waals surface area contributed by atoms with Gasteiger partial charge < -0.3 is 4.42 Å². The van der Waals surface area contributed by atoms with E-state index >= 15 is 0 Å². The first-order valence-electron chi connectivity index (χ1n) is 18.6. The van der Waals surface area contributed by atoms with Crippen molar-refractivity contribution in [3.63, 3.8) is 0 Å². The number of hydrogen-bond donors (Lipinski definition) is 0. The molecule has 0 radical (unpaired) electrons. The molecule has 0 aliphatic carbocycles. The Bertz CT molecular complexity index is 3200. The number of rotatable bonds is 5. The van der Waals surface area contributed by atoms with E-state index in [0.29, 0.717) is 11.5 Å². The van der Waals surface area contributed by atoms with E-state index in [2.05, 4.69) is 182 Å². The fourth-order valence-corrected chi connectivity index (χ4v) is 8.20. The Morgan fingerprint density at radius 3 is 1.44 bits per heavy atom. The SMILES string of the molecule is c1ccc(-c2ccc(-c3nc(-c4cccc(-c5ccc6c7ccccc7c7ccccc7c6c5)c4)nc4oc5ccc(-c6ccccc6)cc5c34)cc2)cc1. The van der Waals surface area contributed by atoms with E-state index < -0.39 is 0 Å². The maximum Gasteiger partial charge on any atom is 0.231 e. The van der Waals surface area contributed by atoms with Crippen LogP contribution in [-0.4, -0.2) is 9.97 Å². The van der Waals surface area contributed by atoms with Crippen LogP contribution in [0.2, 0.25) is 0 Å². The van der Waals surface area contributed by atoms with Gasteiger partial charge in [-0.15, -0.1) is 0 Å². The summed E-state index contributed by atoms with van der Waals surface area (Å²) in [5.74, 6) is 0.621. The molecule has 0 spiro atoms. The molecule has 55 heavy (non-hydrogen) atoms. The number of furan rings is 1. The highest BCUT2D eigenvalue weighted by Gasteiger charge is 2.20. The van der Waals surface area contributed by atoms with E-state index in [-0.39, 0.29) is 0 Å². The minimum atomic E-state index is 0.571. The predicted molar refractivity (Wildman–Crippen MR) is 229 cm³/mol. The van der Waals surface area contributed by atoms with Crippen molar-refractivity contribution in [1.29, 1.82) is 0 Å². The summed E-state index contributed by atoms with van der Waals surface area (Å²) in [6.07, 6.45) is 0. The molecule has 0 fully saturated rings. The van der Waals surface area contributed by atoms with Crippen molar-refractivity contribution in [3.8, 4) is 56.0 Å². The lowest BCUT2D eigenvalue weighted by Gasteiger charge is -2.12. The van der Waals surface area contributed by atoms with E-state index in [1.807, 2.05) is 12.1 Å². The fraction of sp³-hybridized carbons (Fsp3) is 0. The third kappa shape index (κ3) is 5.28. The highest BCUT2D eigenvalue weighted by Crippen LogP contribution is 2.40. The van der Waals surface area contributed by atoms with Gasteiger partial charge in [0.05, 0.1) is 11.1 Å². The van der Waals surface area contributed by atoms with Gasteiger partial charge in [-0.25, -0.2) is 4.98 Å². The predicted octanol–water partition coefficient (Wildman–Crippen LogP) is 14.2. The molecular weight excluding hydrogens is 669 g/mol. The molecule has 0 unspecified atom stereocenters. The van der Waals surface area contributed by atoms with Crippen LogP contribution in [0.4, 0.5) is 0 Å². The lowest BCUT2D eigenvalue weighted by Crippen LogP contribution is -1.94. The maximum absolute atomic E-state index is 6.55. The standard InChI is InChI=1S/C52H32N2O/c1-3-12-33(13-4-1)35-22-24-36(25-23-35)50-49-47-32-38(34-14-5-2-6-15-34)27-29-48(47)55-52(49)54-51(53-50)40-17-11-16-37(30-40)39-26-28-45-43-20-8-7-18-41(43)42-19-9-10-21-44(42)46(45)31-39/h1-32H. The van der Waals surface area contributed by atoms with Gasteiger partial charge in [-0.3, -0.25) is 0 Å². The van der Waals surface area contributed by atoms with Crippen LogP contribution in [0, 0.1) is 0 Å². The first-order valence-corrected chi connectivity index (χ1v) is 18.6. The topological polar surface area (TPSA) is 38.9 Å². The molecule has 0 aliphatic rings. The Balaban J connectivity index is 1.08. The van der Waals surface area contributed by atoms with E-state index in [9.17, 15) is 0 Å². The van der Waals surface area contributed by atoms with E-state index in [1.54, 1.807) is 0 Å². The highest BCUT2D eigenvalue weighted by molar-refractivity contribution is 6.25. The number of aromatic nitrogens is 2. The fourth-order valence-electron chi connectivity index (χ4n) is 8.20. The van der Waals surface area contributed by atoms with Crippen molar-refractivity contribution < 1.29 is 4.42 Å². The summed E-state index contributed by atoms with van der Waals surface area (Å²) in [4.78, 5) is 10.5. The average Bonchev–Trinajstić information content (AvgIpc) is 3.65. The summed E-state index contributed by atoms with van der Waals surface area (Å²) < 4.78 is 6.55. The van der Waals surface area contributed by atoms with Crippen LogP contribution in [0.25, 0.3) is 110 Å². The average molecular weight is 701 g/mol. The van der Waals surface area contributed by atoms with Crippen molar-refractivity contribution in [2.24, 2.45) is 0 Å². The van der Waals surface area contributed by atoms with Crippen LogP contribution >= 0.6 is 0 Å². The summed E-state index contributed by atoms with van der Waals surface area (Å²) in [6, 6.07) is 68.7. The van der Waals surface area contributed by atoms with Gasteiger partial charge in [0, 0.05) is 16.5 Å². The van der Waals surface area contributed by atoms with Crippen LogP contribution in [0.5, 0.6) is 0 Å². The molecule has 0 atom stereocenters. The van der Waals surface area contributed by atoms with Gasteiger partial charge >= 0.3 is 0 Å². The monoisotopic (exact) mass is 700 g/mol. The molecule has 9 aromatic carbocycles. The van der Waals surface area contributed by atoms with Crippen molar-refractivity contribution in [1.82, 2.24) is 9.97 Å². The molecule has 11 rings (SSSR count). The molecule has 0 bridgehead atoms. The summed E-state index contributed by atoms with van der Waals surface area (Å²) in [5, 5.41) is 9.47. The number of fused-ring (bicyclic) bond motifs is 9. The normalized spacial score (nSPS) is 11.6. The number of benzene rings is 9. The van der Waals surface area contributed by atoms with Gasteiger partial charge in [0.2, 0.25) is 5.71 Å². The Hall–Kier alpha value is -7.36. The highest BCUT2D eigenvalue weighted by atomic mass is 16.3. The largest absolute Gasteiger partial charge is 0.438 e. The summed E-state index contributed by atoms with van der Waals surface area (Å²) in [5.41, 5.74) is 11.0.